The van der Waals surface area contributed by atoms with E-state index in [9.17, 15) is 17.6 Å². The van der Waals surface area contributed by atoms with E-state index in [1.54, 1.807) is 0 Å². The van der Waals surface area contributed by atoms with Gasteiger partial charge in [-0.2, -0.15) is 13.2 Å². The summed E-state index contributed by atoms with van der Waals surface area (Å²) in [5.41, 5.74) is 4.83. The highest BCUT2D eigenvalue weighted by Crippen LogP contribution is 2.42. The van der Waals surface area contributed by atoms with Crippen LogP contribution in [0.15, 0.2) is 18.2 Å². The molecule has 0 aliphatic heterocycles. The molecule has 112 valence electrons. The first kappa shape index (κ1) is 15.3. The molecule has 5 heteroatoms. The molecule has 1 aromatic rings. The molecule has 1 aliphatic rings. The second-order valence-electron chi connectivity index (χ2n) is 6.20. The van der Waals surface area contributed by atoms with Crippen molar-refractivity contribution >= 4 is 0 Å². The molecule has 0 radical (unpaired) electrons. The predicted octanol–water partition coefficient (Wildman–Crippen LogP) is 4.45. The SMILES string of the molecule is CC1CC(C)CC(N)(c2ccc(C(F)(F)F)c(F)c2)C1. The van der Waals surface area contributed by atoms with Crippen LogP contribution in [0.5, 0.6) is 0 Å². The van der Waals surface area contributed by atoms with Crippen LogP contribution in [0.25, 0.3) is 0 Å². The second kappa shape index (κ2) is 5.02. The zero-order valence-electron chi connectivity index (χ0n) is 11.6. The third-order valence-electron chi connectivity index (χ3n) is 4.08. The van der Waals surface area contributed by atoms with E-state index in [0.717, 1.165) is 18.6 Å². The normalized spacial score (nSPS) is 31.4. The minimum Gasteiger partial charge on any atom is -0.321 e. The van der Waals surface area contributed by atoms with Crippen LogP contribution in [-0.2, 0) is 11.7 Å². The van der Waals surface area contributed by atoms with Gasteiger partial charge in [0.15, 0.2) is 0 Å². The van der Waals surface area contributed by atoms with Crippen molar-refractivity contribution in [1.29, 1.82) is 0 Å². The number of nitrogens with two attached hydrogens (primary N) is 1. The maximum absolute atomic E-state index is 13.7. The van der Waals surface area contributed by atoms with Gasteiger partial charge in [-0.15, -0.1) is 0 Å². The quantitative estimate of drug-likeness (QED) is 0.759. The lowest BCUT2D eigenvalue weighted by Gasteiger charge is -2.40. The second-order valence-corrected chi connectivity index (χ2v) is 6.20. The molecule has 0 heterocycles. The number of hydrogen-bond donors (Lipinski definition) is 1. The highest BCUT2D eigenvalue weighted by atomic mass is 19.4. The molecule has 2 atom stereocenters. The van der Waals surface area contributed by atoms with Gasteiger partial charge in [0, 0.05) is 5.54 Å². The van der Waals surface area contributed by atoms with Gasteiger partial charge in [-0.25, -0.2) is 4.39 Å². The Balaban J connectivity index is 2.36. The Morgan fingerprint density at radius 2 is 1.70 bits per heavy atom. The first-order valence-electron chi connectivity index (χ1n) is 6.78. The van der Waals surface area contributed by atoms with Crippen LogP contribution in [0.2, 0.25) is 0 Å². The molecule has 20 heavy (non-hydrogen) atoms. The Morgan fingerprint density at radius 1 is 1.15 bits per heavy atom. The van der Waals surface area contributed by atoms with E-state index >= 15 is 0 Å². The number of benzene rings is 1. The van der Waals surface area contributed by atoms with Crippen LogP contribution in [0.1, 0.15) is 44.2 Å². The third-order valence-corrected chi connectivity index (χ3v) is 4.08. The van der Waals surface area contributed by atoms with Crippen molar-refractivity contribution in [2.45, 2.75) is 44.8 Å². The number of halogens is 4. The van der Waals surface area contributed by atoms with Crippen LogP contribution in [0.3, 0.4) is 0 Å². The van der Waals surface area contributed by atoms with E-state index in [4.69, 9.17) is 5.73 Å². The van der Waals surface area contributed by atoms with Crippen LogP contribution < -0.4 is 5.73 Å². The lowest BCUT2D eigenvalue weighted by Crippen LogP contribution is -2.43. The Morgan fingerprint density at radius 3 is 2.15 bits per heavy atom. The third kappa shape index (κ3) is 2.97. The lowest BCUT2D eigenvalue weighted by atomic mass is 9.69. The molecule has 1 fully saturated rings. The van der Waals surface area contributed by atoms with Gasteiger partial charge in [0.05, 0.1) is 5.56 Å². The smallest absolute Gasteiger partial charge is 0.321 e. The minimum absolute atomic E-state index is 0.383. The van der Waals surface area contributed by atoms with Gasteiger partial charge in [0.2, 0.25) is 0 Å². The Labute approximate surface area is 116 Å². The standard InChI is InChI=1S/C15H19F4N/c1-9-5-10(2)8-14(20,7-9)11-3-4-12(13(16)6-11)15(17,18)19/h3-4,6,9-10H,5,7-8,20H2,1-2H3. The summed E-state index contributed by atoms with van der Waals surface area (Å²) in [6.45, 7) is 4.13. The number of hydrogen-bond acceptors (Lipinski definition) is 1. The molecule has 0 saturated heterocycles. The highest BCUT2D eigenvalue weighted by Gasteiger charge is 2.38. The fourth-order valence-electron chi connectivity index (χ4n) is 3.47. The predicted molar refractivity (Wildman–Crippen MR) is 69.4 cm³/mol. The fourth-order valence-corrected chi connectivity index (χ4v) is 3.47. The average molecular weight is 289 g/mol. The fraction of sp³-hybridized carbons (Fsp3) is 0.600. The average Bonchev–Trinajstić information content (AvgIpc) is 2.24. The largest absolute Gasteiger partial charge is 0.419 e. The van der Waals surface area contributed by atoms with E-state index in [1.807, 2.05) is 0 Å². The molecule has 1 saturated carbocycles. The van der Waals surface area contributed by atoms with Crippen LogP contribution in [0, 0.1) is 17.7 Å². The summed E-state index contributed by atoms with van der Waals surface area (Å²) in [5, 5.41) is 0. The van der Waals surface area contributed by atoms with Crippen molar-refractivity contribution in [3.05, 3.63) is 35.1 Å². The van der Waals surface area contributed by atoms with E-state index < -0.39 is 23.1 Å². The van der Waals surface area contributed by atoms with Crippen molar-refractivity contribution in [1.82, 2.24) is 0 Å². The number of alkyl halides is 3. The van der Waals surface area contributed by atoms with Crippen LogP contribution in [0.4, 0.5) is 17.6 Å². The van der Waals surface area contributed by atoms with Crippen LogP contribution in [-0.4, -0.2) is 0 Å². The van der Waals surface area contributed by atoms with Gasteiger partial charge in [-0.3, -0.25) is 0 Å². The molecule has 2 N–H and O–H groups in total. The molecular formula is C15H19F4N. The molecule has 0 spiro atoms. The zero-order chi connectivity index (χ0) is 15.1. The molecule has 0 aromatic heterocycles. The van der Waals surface area contributed by atoms with E-state index in [1.165, 1.54) is 6.07 Å². The lowest BCUT2D eigenvalue weighted by molar-refractivity contribution is -0.140. The van der Waals surface area contributed by atoms with Crippen molar-refractivity contribution in [2.75, 3.05) is 0 Å². The zero-order valence-corrected chi connectivity index (χ0v) is 11.6. The topological polar surface area (TPSA) is 26.0 Å². The Kier molecular flexibility index (Phi) is 3.84. The van der Waals surface area contributed by atoms with Crippen molar-refractivity contribution in [3.63, 3.8) is 0 Å². The van der Waals surface area contributed by atoms with Crippen molar-refractivity contribution in [2.24, 2.45) is 17.6 Å². The van der Waals surface area contributed by atoms with E-state index in [2.05, 4.69) is 13.8 Å². The van der Waals surface area contributed by atoms with Gasteiger partial charge in [-0.05, 0) is 48.8 Å². The molecule has 1 nitrogen and oxygen atoms in total. The summed E-state index contributed by atoms with van der Waals surface area (Å²) in [6, 6.07) is 3.06. The van der Waals surface area contributed by atoms with E-state index in [-0.39, 0.29) is 0 Å². The van der Waals surface area contributed by atoms with Gasteiger partial charge < -0.3 is 5.73 Å². The summed E-state index contributed by atoms with van der Waals surface area (Å²) in [5.74, 6) is -0.478. The first-order valence-corrected chi connectivity index (χ1v) is 6.78. The summed E-state index contributed by atoms with van der Waals surface area (Å²) in [6.07, 6.45) is -2.29. The molecular weight excluding hydrogens is 270 g/mol. The first-order chi connectivity index (χ1) is 9.12. The van der Waals surface area contributed by atoms with Gasteiger partial charge in [0.25, 0.3) is 0 Å². The van der Waals surface area contributed by atoms with Gasteiger partial charge in [0.1, 0.15) is 5.82 Å². The van der Waals surface area contributed by atoms with Crippen molar-refractivity contribution in [3.8, 4) is 0 Å². The molecule has 0 bridgehead atoms. The Bertz CT molecular complexity index is 485. The summed E-state index contributed by atoms with van der Waals surface area (Å²) in [7, 11) is 0. The monoisotopic (exact) mass is 289 g/mol. The van der Waals surface area contributed by atoms with Gasteiger partial charge >= 0.3 is 6.18 Å². The maximum Gasteiger partial charge on any atom is 0.419 e. The van der Waals surface area contributed by atoms with Gasteiger partial charge in [-0.1, -0.05) is 19.9 Å². The Hall–Kier alpha value is -1.10. The summed E-state index contributed by atoms with van der Waals surface area (Å²) in [4.78, 5) is 0. The molecule has 2 unspecified atom stereocenters. The summed E-state index contributed by atoms with van der Waals surface area (Å²) >= 11 is 0. The number of rotatable bonds is 1. The van der Waals surface area contributed by atoms with Crippen molar-refractivity contribution < 1.29 is 17.6 Å². The van der Waals surface area contributed by atoms with E-state index in [0.29, 0.717) is 30.2 Å². The molecule has 2 rings (SSSR count). The highest BCUT2D eigenvalue weighted by molar-refractivity contribution is 5.31. The summed E-state index contributed by atoms with van der Waals surface area (Å²) < 4.78 is 51.4. The molecule has 1 aliphatic carbocycles. The van der Waals surface area contributed by atoms with Crippen LogP contribution >= 0.6 is 0 Å². The molecule has 0 amide bonds. The maximum atomic E-state index is 13.7. The molecule has 1 aromatic carbocycles. The minimum atomic E-state index is -4.67.